The number of ether oxygens (including phenoxy) is 1. The summed E-state index contributed by atoms with van der Waals surface area (Å²) in [5.41, 5.74) is 4.37. The number of rotatable bonds is 6. The van der Waals surface area contributed by atoms with E-state index in [9.17, 15) is 0 Å². The van der Waals surface area contributed by atoms with Crippen molar-refractivity contribution in [3.63, 3.8) is 0 Å². The molecule has 0 atom stereocenters. The van der Waals surface area contributed by atoms with Gasteiger partial charge in [0.05, 0.1) is 25.5 Å². The van der Waals surface area contributed by atoms with Crippen molar-refractivity contribution in [2.24, 2.45) is 4.99 Å². The van der Waals surface area contributed by atoms with Crippen LogP contribution >= 0.6 is 24.0 Å². The van der Waals surface area contributed by atoms with Crippen molar-refractivity contribution in [3.8, 4) is 17.0 Å². The molecule has 0 bridgehead atoms. The molecule has 0 saturated heterocycles. The average Bonchev–Trinajstić information content (AvgIpc) is 3.18. The Bertz CT molecular complexity index is 908. The highest BCUT2D eigenvalue weighted by Gasteiger charge is 2.06. The van der Waals surface area contributed by atoms with Gasteiger partial charge in [-0.3, -0.25) is 4.99 Å². The zero-order valence-electron chi connectivity index (χ0n) is 16.3. The van der Waals surface area contributed by atoms with Crippen molar-refractivity contribution in [2.75, 3.05) is 14.2 Å². The van der Waals surface area contributed by atoms with E-state index in [4.69, 9.17) is 4.74 Å². The molecule has 3 rings (SSSR count). The van der Waals surface area contributed by atoms with Gasteiger partial charge < -0.3 is 20.4 Å². The third-order valence-corrected chi connectivity index (χ3v) is 4.25. The summed E-state index contributed by atoms with van der Waals surface area (Å²) in [4.78, 5) is 12.0. The zero-order valence-corrected chi connectivity index (χ0v) is 18.7. The first-order valence-electron chi connectivity index (χ1n) is 8.87. The molecular weight excluding hydrogens is 465 g/mol. The topological polar surface area (TPSA) is 74.3 Å². The molecular formula is C21H26IN5O. The summed E-state index contributed by atoms with van der Waals surface area (Å²) in [5, 5.41) is 6.58. The van der Waals surface area contributed by atoms with E-state index in [0.29, 0.717) is 19.0 Å². The van der Waals surface area contributed by atoms with Crippen molar-refractivity contribution < 1.29 is 4.74 Å². The maximum absolute atomic E-state index is 5.45. The molecule has 0 amide bonds. The number of benzene rings is 2. The molecule has 0 aliphatic heterocycles. The summed E-state index contributed by atoms with van der Waals surface area (Å²) >= 11 is 0. The lowest BCUT2D eigenvalue weighted by Gasteiger charge is -2.13. The van der Waals surface area contributed by atoms with Crippen LogP contribution in [0.2, 0.25) is 0 Å². The number of aromatic nitrogens is 2. The van der Waals surface area contributed by atoms with Crippen molar-refractivity contribution >= 4 is 29.9 Å². The van der Waals surface area contributed by atoms with Crippen molar-refractivity contribution in [3.05, 3.63) is 71.7 Å². The molecule has 0 spiro atoms. The van der Waals surface area contributed by atoms with Crippen LogP contribution in [-0.2, 0) is 13.1 Å². The normalized spacial score (nSPS) is 10.9. The maximum atomic E-state index is 5.45. The number of guanidine groups is 1. The third kappa shape index (κ3) is 5.72. The van der Waals surface area contributed by atoms with E-state index < -0.39 is 0 Å². The van der Waals surface area contributed by atoms with E-state index in [1.54, 1.807) is 14.2 Å². The Hall–Kier alpha value is -2.55. The van der Waals surface area contributed by atoms with Gasteiger partial charge in [0, 0.05) is 19.2 Å². The van der Waals surface area contributed by atoms with Crippen LogP contribution in [-0.4, -0.2) is 30.1 Å². The number of aliphatic imine (C=N–C) groups is 1. The molecule has 2 aromatic carbocycles. The van der Waals surface area contributed by atoms with Crippen LogP contribution in [0.3, 0.4) is 0 Å². The van der Waals surface area contributed by atoms with Crippen molar-refractivity contribution in [2.45, 2.75) is 20.0 Å². The molecule has 148 valence electrons. The van der Waals surface area contributed by atoms with E-state index in [2.05, 4.69) is 49.9 Å². The Morgan fingerprint density at radius 3 is 2.57 bits per heavy atom. The van der Waals surface area contributed by atoms with Gasteiger partial charge in [-0.25, -0.2) is 4.98 Å². The van der Waals surface area contributed by atoms with E-state index in [-0.39, 0.29) is 24.0 Å². The molecule has 0 unspecified atom stereocenters. The molecule has 0 fully saturated rings. The summed E-state index contributed by atoms with van der Waals surface area (Å²) in [6.07, 6.45) is 1.85. The predicted molar refractivity (Wildman–Crippen MR) is 124 cm³/mol. The van der Waals surface area contributed by atoms with Crippen LogP contribution in [0.5, 0.6) is 5.75 Å². The van der Waals surface area contributed by atoms with Crippen LogP contribution in [0.1, 0.15) is 17.0 Å². The van der Waals surface area contributed by atoms with Crippen molar-refractivity contribution in [1.82, 2.24) is 20.6 Å². The highest BCUT2D eigenvalue weighted by molar-refractivity contribution is 14.0. The second-order valence-electron chi connectivity index (χ2n) is 6.20. The minimum atomic E-state index is 0. The number of nitrogens with one attached hydrogen (secondary N) is 3. The number of halogens is 1. The first-order valence-corrected chi connectivity index (χ1v) is 8.87. The second-order valence-corrected chi connectivity index (χ2v) is 6.20. The van der Waals surface area contributed by atoms with Gasteiger partial charge in [0.25, 0.3) is 0 Å². The van der Waals surface area contributed by atoms with Gasteiger partial charge in [-0.15, -0.1) is 24.0 Å². The van der Waals surface area contributed by atoms with E-state index in [1.807, 2.05) is 37.4 Å². The van der Waals surface area contributed by atoms with E-state index in [0.717, 1.165) is 28.4 Å². The first-order chi connectivity index (χ1) is 13.2. The predicted octanol–water partition coefficient (Wildman–Crippen LogP) is 3.88. The fourth-order valence-electron chi connectivity index (χ4n) is 2.78. The minimum Gasteiger partial charge on any atom is -0.496 e. The Balaban J connectivity index is 0.00000280. The van der Waals surface area contributed by atoms with Gasteiger partial charge in [-0.1, -0.05) is 42.5 Å². The summed E-state index contributed by atoms with van der Waals surface area (Å²) in [6, 6.07) is 16.3. The van der Waals surface area contributed by atoms with E-state index >= 15 is 0 Å². The molecule has 0 aliphatic rings. The third-order valence-electron chi connectivity index (χ3n) is 4.25. The SMILES string of the molecule is CN=C(NCc1ncc(-c2ccccc2)[nH]1)NCc1ccc(C)cc1OC.I. The Morgan fingerprint density at radius 2 is 1.86 bits per heavy atom. The standard InChI is InChI=1S/C21H25N5O.HI/c1-15-9-10-17(19(11-15)27-3)12-24-21(22-2)25-14-20-23-13-18(26-20)16-7-5-4-6-8-16;/h4-11,13H,12,14H2,1-3H3,(H,23,26)(H2,22,24,25);1H. The Labute approximate surface area is 182 Å². The monoisotopic (exact) mass is 491 g/mol. The van der Waals surface area contributed by atoms with Crippen molar-refractivity contribution in [1.29, 1.82) is 0 Å². The number of hydrogen-bond donors (Lipinski definition) is 3. The maximum Gasteiger partial charge on any atom is 0.191 e. The summed E-state index contributed by atoms with van der Waals surface area (Å²) < 4.78 is 5.45. The fraction of sp³-hybridized carbons (Fsp3) is 0.238. The highest BCUT2D eigenvalue weighted by Crippen LogP contribution is 2.19. The minimum absolute atomic E-state index is 0. The van der Waals surface area contributed by atoms with Gasteiger partial charge in [0.2, 0.25) is 0 Å². The van der Waals surface area contributed by atoms with Gasteiger partial charge >= 0.3 is 0 Å². The molecule has 28 heavy (non-hydrogen) atoms. The lowest BCUT2D eigenvalue weighted by Crippen LogP contribution is -2.36. The summed E-state index contributed by atoms with van der Waals surface area (Å²) in [6.45, 7) is 3.22. The van der Waals surface area contributed by atoms with E-state index in [1.165, 1.54) is 5.56 Å². The Kier molecular flexibility index (Phi) is 8.31. The first kappa shape index (κ1) is 21.7. The van der Waals surface area contributed by atoms with Crippen LogP contribution < -0.4 is 15.4 Å². The smallest absolute Gasteiger partial charge is 0.191 e. The summed E-state index contributed by atoms with van der Waals surface area (Å²) in [5.74, 6) is 2.43. The number of aromatic amines is 1. The van der Waals surface area contributed by atoms with Crippen LogP contribution in [0.25, 0.3) is 11.3 Å². The van der Waals surface area contributed by atoms with Crippen LogP contribution in [0, 0.1) is 6.92 Å². The number of aryl methyl sites for hydroxylation is 1. The lowest BCUT2D eigenvalue weighted by molar-refractivity contribution is 0.408. The molecule has 1 aromatic heterocycles. The van der Waals surface area contributed by atoms with Gasteiger partial charge in [0.15, 0.2) is 5.96 Å². The highest BCUT2D eigenvalue weighted by atomic mass is 127. The number of methoxy groups -OCH3 is 1. The molecule has 7 heteroatoms. The molecule has 6 nitrogen and oxygen atoms in total. The molecule has 3 N–H and O–H groups in total. The van der Waals surface area contributed by atoms with Gasteiger partial charge in [-0.2, -0.15) is 0 Å². The van der Waals surface area contributed by atoms with Crippen LogP contribution in [0.15, 0.2) is 59.7 Å². The number of imidazole rings is 1. The average molecular weight is 491 g/mol. The zero-order chi connectivity index (χ0) is 19.1. The second kappa shape index (κ2) is 10.7. The molecule has 0 saturated carbocycles. The van der Waals surface area contributed by atoms with Gasteiger partial charge in [0.1, 0.15) is 11.6 Å². The fourth-order valence-corrected chi connectivity index (χ4v) is 2.78. The molecule has 1 heterocycles. The molecule has 0 aliphatic carbocycles. The number of hydrogen-bond acceptors (Lipinski definition) is 3. The lowest BCUT2D eigenvalue weighted by atomic mass is 10.1. The van der Waals surface area contributed by atoms with Gasteiger partial charge in [-0.05, 0) is 24.1 Å². The summed E-state index contributed by atoms with van der Waals surface area (Å²) in [7, 11) is 3.44. The largest absolute Gasteiger partial charge is 0.496 e. The number of H-pyrrole nitrogens is 1. The number of nitrogens with zero attached hydrogens (tertiary/aromatic N) is 2. The molecule has 3 aromatic rings. The molecule has 0 radical (unpaired) electrons. The quantitative estimate of drug-likeness (QED) is 0.278. The van der Waals surface area contributed by atoms with Crippen LogP contribution in [0.4, 0.5) is 0 Å². The Morgan fingerprint density at radius 1 is 1.11 bits per heavy atom.